The SMILES string of the molecule is COc1ccc(-c2nc(C(=O)NCC(c3ccc(Cl)cc3)N3CCOCC3)cs2)cc1. The topological polar surface area (TPSA) is 63.7 Å². The third-order valence-corrected chi connectivity index (χ3v) is 6.41. The summed E-state index contributed by atoms with van der Waals surface area (Å²) in [4.78, 5) is 19.7. The Morgan fingerprint density at radius 2 is 1.90 bits per heavy atom. The number of hydrogen-bond donors (Lipinski definition) is 1. The molecule has 1 aliphatic rings. The minimum Gasteiger partial charge on any atom is -0.497 e. The van der Waals surface area contributed by atoms with E-state index in [1.54, 1.807) is 12.5 Å². The lowest BCUT2D eigenvalue weighted by Crippen LogP contribution is -2.43. The summed E-state index contributed by atoms with van der Waals surface area (Å²) in [6.45, 7) is 3.50. The Kier molecular flexibility index (Phi) is 7.19. The van der Waals surface area contributed by atoms with E-state index in [1.807, 2.05) is 48.5 Å². The van der Waals surface area contributed by atoms with E-state index < -0.39 is 0 Å². The van der Waals surface area contributed by atoms with Crippen molar-refractivity contribution in [1.29, 1.82) is 0 Å². The molecule has 2 heterocycles. The van der Waals surface area contributed by atoms with Gasteiger partial charge < -0.3 is 14.8 Å². The van der Waals surface area contributed by atoms with Crippen LogP contribution >= 0.6 is 22.9 Å². The van der Waals surface area contributed by atoms with E-state index in [1.165, 1.54) is 11.3 Å². The monoisotopic (exact) mass is 457 g/mol. The number of amides is 1. The van der Waals surface area contributed by atoms with Gasteiger partial charge >= 0.3 is 0 Å². The van der Waals surface area contributed by atoms with Crippen molar-refractivity contribution in [2.24, 2.45) is 0 Å². The molecule has 162 valence electrons. The Morgan fingerprint density at radius 1 is 1.19 bits per heavy atom. The summed E-state index contributed by atoms with van der Waals surface area (Å²) >= 11 is 7.51. The van der Waals surface area contributed by atoms with Crippen molar-refractivity contribution in [2.75, 3.05) is 40.0 Å². The zero-order valence-electron chi connectivity index (χ0n) is 17.2. The Morgan fingerprint density at radius 3 is 2.58 bits per heavy atom. The summed E-state index contributed by atoms with van der Waals surface area (Å²) in [6, 6.07) is 15.5. The van der Waals surface area contributed by atoms with Crippen LogP contribution in [0.4, 0.5) is 0 Å². The molecule has 1 N–H and O–H groups in total. The van der Waals surface area contributed by atoms with E-state index in [0.717, 1.165) is 35.0 Å². The minimum absolute atomic E-state index is 0.0461. The van der Waals surface area contributed by atoms with Crippen molar-refractivity contribution in [3.8, 4) is 16.3 Å². The Balaban J connectivity index is 1.44. The molecule has 1 atom stereocenters. The number of thiazole rings is 1. The maximum atomic E-state index is 12.8. The first kappa shape index (κ1) is 21.8. The average Bonchev–Trinajstić information content (AvgIpc) is 3.31. The molecule has 8 heteroatoms. The summed E-state index contributed by atoms with van der Waals surface area (Å²) in [5, 5.41) is 6.35. The molecule has 1 aliphatic heterocycles. The van der Waals surface area contributed by atoms with Gasteiger partial charge in [-0.2, -0.15) is 0 Å². The molecule has 1 unspecified atom stereocenters. The number of carbonyl (C=O) groups excluding carboxylic acids is 1. The van der Waals surface area contributed by atoms with Gasteiger partial charge in [0.25, 0.3) is 5.91 Å². The lowest BCUT2D eigenvalue weighted by molar-refractivity contribution is 0.0162. The highest BCUT2D eigenvalue weighted by molar-refractivity contribution is 7.13. The van der Waals surface area contributed by atoms with Crippen LogP contribution in [0, 0.1) is 0 Å². The van der Waals surface area contributed by atoms with Gasteiger partial charge in [0.2, 0.25) is 0 Å². The van der Waals surface area contributed by atoms with E-state index in [0.29, 0.717) is 30.5 Å². The van der Waals surface area contributed by atoms with Crippen molar-refractivity contribution in [3.63, 3.8) is 0 Å². The van der Waals surface area contributed by atoms with Crippen molar-refractivity contribution in [3.05, 3.63) is 70.2 Å². The van der Waals surface area contributed by atoms with Crippen molar-refractivity contribution in [1.82, 2.24) is 15.2 Å². The van der Waals surface area contributed by atoms with Gasteiger partial charge in [0, 0.05) is 35.6 Å². The van der Waals surface area contributed by atoms with Gasteiger partial charge in [-0.3, -0.25) is 9.69 Å². The van der Waals surface area contributed by atoms with Gasteiger partial charge in [-0.15, -0.1) is 11.3 Å². The van der Waals surface area contributed by atoms with Crippen LogP contribution in [0.25, 0.3) is 10.6 Å². The van der Waals surface area contributed by atoms with Gasteiger partial charge in [-0.25, -0.2) is 4.98 Å². The number of nitrogens with one attached hydrogen (secondary N) is 1. The smallest absolute Gasteiger partial charge is 0.270 e. The van der Waals surface area contributed by atoms with E-state index in [2.05, 4.69) is 15.2 Å². The van der Waals surface area contributed by atoms with E-state index in [4.69, 9.17) is 21.1 Å². The summed E-state index contributed by atoms with van der Waals surface area (Å²) in [5.74, 6) is 0.609. The van der Waals surface area contributed by atoms with Crippen molar-refractivity contribution >= 4 is 28.8 Å². The maximum Gasteiger partial charge on any atom is 0.270 e. The zero-order chi connectivity index (χ0) is 21.6. The second kappa shape index (κ2) is 10.2. The number of methoxy groups -OCH3 is 1. The zero-order valence-corrected chi connectivity index (χ0v) is 18.8. The van der Waals surface area contributed by atoms with E-state index >= 15 is 0 Å². The molecule has 6 nitrogen and oxygen atoms in total. The molecule has 0 bridgehead atoms. The summed E-state index contributed by atoms with van der Waals surface area (Å²) < 4.78 is 10.7. The van der Waals surface area contributed by atoms with Crippen LogP contribution in [0.2, 0.25) is 5.02 Å². The average molecular weight is 458 g/mol. The second-order valence-corrected chi connectivity index (χ2v) is 8.49. The second-order valence-electron chi connectivity index (χ2n) is 7.19. The lowest BCUT2D eigenvalue weighted by atomic mass is 10.0. The third-order valence-electron chi connectivity index (χ3n) is 5.27. The maximum absolute atomic E-state index is 12.8. The number of halogens is 1. The predicted molar refractivity (Wildman–Crippen MR) is 123 cm³/mol. The van der Waals surface area contributed by atoms with Gasteiger partial charge in [-0.05, 0) is 42.0 Å². The number of nitrogens with zero attached hydrogens (tertiary/aromatic N) is 2. The highest BCUT2D eigenvalue weighted by Crippen LogP contribution is 2.26. The standard InChI is InChI=1S/C23H24ClN3O3S/c1-29-19-8-4-17(5-9-19)23-26-20(15-31-23)22(28)25-14-21(27-10-12-30-13-11-27)16-2-6-18(24)7-3-16/h2-9,15,21H,10-14H2,1H3,(H,25,28). The molecule has 31 heavy (non-hydrogen) atoms. The number of aromatic nitrogens is 1. The van der Waals surface area contributed by atoms with Crippen LogP contribution < -0.4 is 10.1 Å². The van der Waals surface area contributed by atoms with Crippen molar-refractivity contribution < 1.29 is 14.3 Å². The van der Waals surface area contributed by atoms with Crippen LogP contribution in [-0.2, 0) is 4.74 Å². The first-order valence-corrected chi connectivity index (χ1v) is 11.4. The molecule has 0 saturated carbocycles. The van der Waals surface area contributed by atoms with Gasteiger partial charge in [-0.1, -0.05) is 23.7 Å². The van der Waals surface area contributed by atoms with Crippen LogP contribution in [-0.4, -0.2) is 55.7 Å². The number of hydrogen-bond acceptors (Lipinski definition) is 6. The molecule has 2 aromatic carbocycles. The lowest BCUT2D eigenvalue weighted by Gasteiger charge is -2.34. The van der Waals surface area contributed by atoms with E-state index in [9.17, 15) is 4.79 Å². The molecular weight excluding hydrogens is 434 g/mol. The number of benzene rings is 2. The highest BCUT2D eigenvalue weighted by atomic mass is 35.5. The normalized spacial score (nSPS) is 15.4. The molecule has 1 saturated heterocycles. The van der Waals surface area contributed by atoms with Crippen LogP contribution in [0.15, 0.2) is 53.9 Å². The summed E-state index contributed by atoms with van der Waals surface area (Å²) in [5.41, 5.74) is 2.49. The molecule has 0 aliphatic carbocycles. The number of ether oxygens (including phenoxy) is 2. The van der Waals surface area contributed by atoms with Gasteiger partial charge in [0.1, 0.15) is 16.5 Å². The number of carbonyl (C=O) groups is 1. The predicted octanol–water partition coefficient (Wildman–Crippen LogP) is 4.28. The van der Waals surface area contributed by atoms with Gasteiger partial charge in [0.05, 0.1) is 26.4 Å². The van der Waals surface area contributed by atoms with Gasteiger partial charge in [0.15, 0.2) is 0 Å². The molecule has 1 amide bonds. The summed E-state index contributed by atoms with van der Waals surface area (Å²) in [6.07, 6.45) is 0. The molecule has 1 fully saturated rings. The Labute approximate surface area is 190 Å². The largest absolute Gasteiger partial charge is 0.497 e. The molecule has 4 rings (SSSR count). The molecule has 1 aromatic heterocycles. The quantitative estimate of drug-likeness (QED) is 0.573. The number of morpholine rings is 1. The van der Waals surface area contributed by atoms with Crippen LogP contribution in [0.5, 0.6) is 5.75 Å². The molecule has 3 aromatic rings. The number of rotatable bonds is 7. The van der Waals surface area contributed by atoms with Crippen LogP contribution in [0.3, 0.4) is 0 Å². The molecule has 0 radical (unpaired) electrons. The van der Waals surface area contributed by atoms with Crippen LogP contribution in [0.1, 0.15) is 22.1 Å². The fourth-order valence-corrected chi connectivity index (χ4v) is 4.49. The first-order valence-electron chi connectivity index (χ1n) is 10.1. The van der Waals surface area contributed by atoms with Crippen molar-refractivity contribution in [2.45, 2.75) is 6.04 Å². The minimum atomic E-state index is -0.178. The third kappa shape index (κ3) is 5.43. The first-order chi connectivity index (χ1) is 15.1. The fourth-order valence-electron chi connectivity index (χ4n) is 3.56. The molecule has 0 spiro atoms. The molecular formula is C23H24ClN3O3S. The Bertz CT molecular complexity index is 1000. The summed E-state index contributed by atoms with van der Waals surface area (Å²) in [7, 11) is 1.63. The Hall–Kier alpha value is -2.45. The van der Waals surface area contributed by atoms with E-state index in [-0.39, 0.29) is 11.9 Å². The highest BCUT2D eigenvalue weighted by Gasteiger charge is 2.24. The fraction of sp³-hybridized carbons (Fsp3) is 0.304.